The van der Waals surface area contributed by atoms with E-state index in [9.17, 15) is 31.1 Å². The summed E-state index contributed by atoms with van der Waals surface area (Å²) in [5.74, 6) is -1.44. The molecule has 0 atom stereocenters. The first kappa shape index (κ1) is 18.7. The first-order chi connectivity index (χ1) is 12.6. The highest BCUT2D eigenvalue weighted by Crippen LogP contribution is 2.36. The predicted molar refractivity (Wildman–Crippen MR) is 83.1 cm³/mol. The van der Waals surface area contributed by atoms with Gasteiger partial charge in [0, 0.05) is 11.6 Å². The van der Waals surface area contributed by atoms with E-state index in [1.807, 2.05) is 0 Å². The number of rotatable bonds is 2. The first-order valence-corrected chi connectivity index (χ1v) is 7.41. The van der Waals surface area contributed by atoms with E-state index < -0.39 is 35.0 Å². The van der Waals surface area contributed by atoms with Crippen molar-refractivity contribution in [1.82, 2.24) is 4.98 Å². The van der Waals surface area contributed by atoms with E-state index in [1.54, 1.807) is 18.2 Å². The third kappa shape index (κ3) is 4.02. The molecule has 3 nitrogen and oxygen atoms in total. The Labute approximate surface area is 148 Å². The molecule has 3 aromatic rings. The Hall–Kier alpha value is -3.10. The number of hydrogen-bond donors (Lipinski definition) is 0. The Morgan fingerprint density at radius 3 is 2.04 bits per heavy atom. The van der Waals surface area contributed by atoms with Crippen LogP contribution in [-0.2, 0) is 12.4 Å². The van der Waals surface area contributed by atoms with Crippen LogP contribution in [0.1, 0.15) is 21.5 Å². The van der Waals surface area contributed by atoms with Crippen molar-refractivity contribution >= 4 is 16.9 Å². The third-order valence-corrected chi connectivity index (χ3v) is 3.62. The van der Waals surface area contributed by atoms with Crippen LogP contribution in [0.25, 0.3) is 10.9 Å². The quantitative estimate of drug-likeness (QED) is 0.333. The molecule has 9 heteroatoms. The molecule has 27 heavy (non-hydrogen) atoms. The van der Waals surface area contributed by atoms with E-state index in [-0.39, 0.29) is 17.3 Å². The van der Waals surface area contributed by atoms with Gasteiger partial charge in [-0.3, -0.25) is 4.98 Å². The van der Waals surface area contributed by atoms with Gasteiger partial charge < -0.3 is 4.74 Å². The monoisotopic (exact) mass is 385 g/mol. The molecule has 3 rings (SSSR count). The van der Waals surface area contributed by atoms with Crippen molar-refractivity contribution in [3.05, 3.63) is 71.4 Å². The van der Waals surface area contributed by atoms with Gasteiger partial charge in [-0.25, -0.2) is 4.79 Å². The number of pyridine rings is 1. The number of hydrogen-bond acceptors (Lipinski definition) is 3. The van der Waals surface area contributed by atoms with Gasteiger partial charge >= 0.3 is 18.3 Å². The number of carbonyl (C=O) groups is 1. The maximum Gasteiger partial charge on any atom is 0.416 e. The Bertz CT molecular complexity index is 973. The molecule has 2 aromatic carbocycles. The second-order valence-electron chi connectivity index (χ2n) is 5.52. The number of para-hydroxylation sites is 1. The van der Waals surface area contributed by atoms with Crippen molar-refractivity contribution in [1.29, 1.82) is 0 Å². The predicted octanol–water partition coefficient (Wildman–Crippen LogP) is 5.49. The van der Waals surface area contributed by atoms with Gasteiger partial charge in [-0.2, -0.15) is 26.3 Å². The van der Waals surface area contributed by atoms with Crippen LogP contribution >= 0.6 is 0 Å². The van der Waals surface area contributed by atoms with Crippen molar-refractivity contribution < 1.29 is 35.9 Å². The maximum atomic E-state index is 12.9. The zero-order chi connectivity index (χ0) is 19.8. The Morgan fingerprint density at radius 1 is 0.852 bits per heavy atom. The van der Waals surface area contributed by atoms with Gasteiger partial charge in [0.05, 0.1) is 16.7 Å². The van der Waals surface area contributed by atoms with Crippen LogP contribution in [0.3, 0.4) is 0 Å². The van der Waals surface area contributed by atoms with E-state index in [0.717, 1.165) is 0 Å². The molecule has 0 spiro atoms. The van der Waals surface area contributed by atoms with Crippen LogP contribution in [0.4, 0.5) is 26.3 Å². The lowest BCUT2D eigenvalue weighted by atomic mass is 10.0. The minimum atomic E-state index is -5.06. The largest absolute Gasteiger partial charge is 0.421 e. The first-order valence-electron chi connectivity index (χ1n) is 7.41. The SMILES string of the molecule is O=C(Oc1cccc2cccnc12)c1cc(C(F)(F)F)cc(C(F)(F)F)c1. The number of fused-ring (bicyclic) bond motifs is 1. The standard InChI is InChI=1S/C18H9F6NO2/c19-17(20,21)12-7-11(8-13(9-12)18(22,23)24)16(26)27-14-5-1-3-10-4-2-6-25-15(10)14/h1-9H. The van der Waals surface area contributed by atoms with Crippen LogP contribution < -0.4 is 4.74 Å². The van der Waals surface area contributed by atoms with Crippen LogP contribution in [0, 0.1) is 0 Å². The Balaban J connectivity index is 2.03. The number of halogens is 6. The summed E-state index contributed by atoms with van der Waals surface area (Å²) in [6.07, 6.45) is -8.71. The summed E-state index contributed by atoms with van der Waals surface area (Å²) < 4.78 is 82.4. The summed E-state index contributed by atoms with van der Waals surface area (Å²) in [4.78, 5) is 16.2. The summed E-state index contributed by atoms with van der Waals surface area (Å²) in [5, 5.41) is 0.586. The number of aromatic nitrogens is 1. The van der Waals surface area contributed by atoms with Gasteiger partial charge in [0.15, 0.2) is 5.75 Å². The Morgan fingerprint density at radius 2 is 1.44 bits per heavy atom. The van der Waals surface area contributed by atoms with Gasteiger partial charge in [-0.05, 0) is 30.3 Å². The van der Waals surface area contributed by atoms with Gasteiger partial charge in [0.1, 0.15) is 5.52 Å². The molecule has 0 saturated carbocycles. The molecule has 0 aliphatic carbocycles. The zero-order valence-corrected chi connectivity index (χ0v) is 13.2. The molecular weight excluding hydrogens is 376 g/mol. The maximum absolute atomic E-state index is 12.9. The molecule has 0 radical (unpaired) electrons. The zero-order valence-electron chi connectivity index (χ0n) is 13.2. The summed E-state index contributed by atoms with van der Waals surface area (Å²) in [5.41, 5.74) is -3.82. The summed E-state index contributed by atoms with van der Waals surface area (Å²) >= 11 is 0. The van der Waals surface area contributed by atoms with Crippen LogP contribution in [-0.4, -0.2) is 11.0 Å². The van der Waals surface area contributed by atoms with Crippen molar-refractivity contribution in [2.24, 2.45) is 0 Å². The molecule has 0 amide bonds. The van der Waals surface area contributed by atoms with Crippen molar-refractivity contribution in [3.63, 3.8) is 0 Å². The highest BCUT2D eigenvalue weighted by Gasteiger charge is 2.37. The number of esters is 1. The highest BCUT2D eigenvalue weighted by atomic mass is 19.4. The summed E-state index contributed by atoms with van der Waals surface area (Å²) in [6, 6.07) is 8.36. The molecular formula is C18H9F6NO2. The number of ether oxygens (including phenoxy) is 1. The molecule has 1 aromatic heterocycles. The van der Waals surface area contributed by atoms with E-state index in [4.69, 9.17) is 4.74 Å². The summed E-state index contributed by atoms with van der Waals surface area (Å²) in [6.45, 7) is 0. The lowest BCUT2D eigenvalue weighted by Crippen LogP contribution is -2.16. The van der Waals surface area contributed by atoms with Gasteiger partial charge in [-0.15, -0.1) is 0 Å². The number of nitrogens with zero attached hydrogens (tertiary/aromatic N) is 1. The number of benzene rings is 2. The smallest absolute Gasteiger partial charge is 0.416 e. The van der Waals surface area contributed by atoms with Crippen LogP contribution in [0.2, 0.25) is 0 Å². The molecule has 0 aliphatic heterocycles. The molecule has 140 valence electrons. The van der Waals surface area contributed by atoms with Crippen LogP contribution in [0.15, 0.2) is 54.7 Å². The van der Waals surface area contributed by atoms with E-state index >= 15 is 0 Å². The molecule has 0 bridgehead atoms. The minimum Gasteiger partial charge on any atom is -0.421 e. The molecule has 0 aliphatic rings. The molecule has 0 saturated heterocycles. The lowest BCUT2D eigenvalue weighted by molar-refractivity contribution is -0.143. The fourth-order valence-electron chi connectivity index (χ4n) is 2.39. The van der Waals surface area contributed by atoms with Gasteiger partial charge in [0.2, 0.25) is 0 Å². The van der Waals surface area contributed by atoms with E-state index in [0.29, 0.717) is 17.5 Å². The fraction of sp³-hybridized carbons (Fsp3) is 0.111. The Kier molecular flexibility index (Phi) is 4.54. The van der Waals surface area contributed by atoms with Crippen molar-refractivity contribution in [2.45, 2.75) is 12.4 Å². The average Bonchev–Trinajstić information content (AvgIpc) is 2.60. The normalized spacial score (nSPS) is 12.2. The molecule has 0 unspecified atom stereocenters. The minimum absolute atomic E-state index is 0.0593. The van der Waals surface area contributed by atoms with Crippen molar-refractivity contribution in [2.75, 3.05) is 0 Å². The van der Waals surface area contributed by atoms with E-state index in [1.165, 1.54) is 18.3 Å². The summed E-state index contributed by atoms with van der Waals surface area (Å²) in [7, 11) is 0. The fourth-order valence-corrected chi connectivity index (χ4v) is 2.39. The second-order valence-corrected chi connectivity index (χ2v) is 5.52. The third-order valence-electron chi connectivity index (χ3n) is 3.62. The number of alkyl halides is 6. The molecule has 0 N–H and O–H groups in total. The second kappa shape index (κ2) is 6.57. The molecule has 1 heterocycles. The number of carbonyl (C=O) groups excluding carboxylic acids is 1. The average molecular weight is 385 g/mol. The lowest BCUT2D eigenvalue weighted by Gasteiger charge is -2.14. The topological polar surface area (TPSA) is 39.2 Å². The van der Waals surface area contributed by atoms with Gasteiger partial charge in [-0.1, -0.05) is 18.2 Å². The van der Waals surface area contributed by atoms with E-state index in [2.05, 4.69) is 4.98 Å². The van der Waals surface area contributed by atoms with Crippen LogP contribution in [0.5, 0.6) is 5.75 Å². The van der Waals surface area contributed by atoms with Gasteiger partial charge in [0.25, 0.3) is 0 Å². The highest BCUT2D eigenvalue weighted by molar-refractivity contribution is 5.94. The van der Waals surface area contributed by atoms with Crippen molar-refractivity contribution in [3.8, 4) is 5.75 Å². The molecule has 0 fully saturated rings.